The second-order valence-electron chi connectivity index (χ2n) is 9.10. The fourth-order valence-corrected chi connectivity index (χ4v) is 5.98. The predicted octanol–water partition coefficient (Wildman–Crippen LogP) is 5.02. The number of hydrogen-bond acceptors (Lipinski definition) is 4. The number of nitrogens with zero attached hydrogens (tertiary/aromatic N) is 1. The minimum absolute atomic E-state index is 0.00374. The summed E-state index contributed by atoms with van der Waals surface area (Å²) in [5.41, 5.74) is 4.30. The van der Waals surface area contributed by atoms with E-state index < -0.39 is 10.0 Å². The molecule has 0 fully saturated rings. The van der Waals surface area contributed by atoms with E-state index in [1.54, 1.807) is 43.4 Å². The van der Waals surface area contributed by atoms with Gasteiger partial charge in [0.15, 0.2) is 0 Å². The van der Waals surface area contributed by atoms with Gasteiger partial charge >= 0.3 is 0 Å². The summed E-state index contributed by atoms with van der Waals surface area (Å²) < 4.78 is 41.8. The molecule has 0 aliphatic carbocycles. The van der Waals surface area contributed by atoms with Crippen LogP contribution in [0.3, 0.4) is 0 Å². The van der Waals surface area contributed by atoms with Crippen molar-refractivity contribution in [2.75, 3.05) is 25.5 Å². The number of hydrogen-bond donors (Lipinski definition) is 2. The lowest BCUT2D eigenvalue weighted by Crippen LogP contribution is -2.41. The molecule has 0 amide bonds. The van der Waals surface area contributed by atoms with Crippen molar-refractivity contribution < 1.29 is 17.9 Å². The Morgan fingerprint density at radius 3 is 2.44 bits per heavy atom. The first-order valence-corrected chi connectivity index (χ1v) is 13.0. The minimum Gasteiger partial charge on any atom is -0.394 e. The van der Waals surface area contributed by atoms with Gasteiger partial charge in [-0.25, -0.2) is 17.1 Å². The van der Waals surface area contributed by atoms with Gasteiger partial charge in [0.25, 0.3) is 0 Å². The molecular weight excluding hydrogens is 451 g/mol. The summed E-state index contributed by atoms with van der Waals surface area (Å²) in [5, 5.41) is 13.5. The number of nitrogens with one attached hydrogen (secondary N) is 1. The van der Waals surface area contributed by atoms with Gasteiger partial charge in [-0.3, -0.25) is 0 Å². The maximum atomic E-state index is 14.4. The first-order valence-electron chi connectivity index (χ1n) is 11.5. The fourth-order valence-electron chi connectivity index (χ4n) is 4.79. The first kappa shape index (κ1) is 24.4. The average Bonchev–Trinajstić information content (AvgIpc) is 2.83. The number of rotatable bonds is 7. The van der Waals surface area contributed by atoms with Crippen LogP contribution in [0.2, 0.25) is 0 Å². The van der Waals surface area contributed by atoms with Gasteiger partial charge in [-0.1, -0.05) is 48.9 Å². The van der Waals surface area contributed by atoms with Crippen molar-refractivity contribution in [2.24, 2.45) is 5.92 Å². The van der Waals surface area contributed by atoms with Gasteiger partial charge in [-0.15, -0.1) is 0 Å². The maximum Gasteiger partial charge on any atom is 0.242 e. The summed E-state index contributed by atoms with van der Waals surface area (Å²) in [7, 11) is -2.01. The Kier molecular flexibility index (Phi) is 7.07. The minimum atomic E-state index is -3.60. The van der Waals surface area contributed by atoms with Crippen molar-refractivity contribution >= 4 is 15.7 Å². The van der Waals surface area contributed by atoms with Gasteiger partial charge in [0.05, 0.1) is 17.5 Å². The molecule has 0 radical (unpaired) electrons. The standard InChI is InChI=1S/C27H31FN2O3S/c1-18-8-11-21(12-9-18)34(32,33)30(3)15-14-22-19(2)24-16-20(23-6-4-5-7-25(23)28)10-13-26(24)29-27(22)17-31/h4-13,16,19,22,27,29,31H,14-15,17H2,1-3H3/t19-,22+,27+/m1/s1. The molecule has 7 heteroatoms. The third-order valence-electron chi connectivity index (χ3n) is 6.93. The Morgan fingerprint density at radius 2 is 1.76 bits per heavy atom. The molecule has 3 aromatic rings. The van der Waals surface area contributed by atoms with E-state index in [2.05, 4.69) is 12.2 Å². The second-order valence-corrected chi connectivity index (χ2v) is 11.1. The molecule has 34 heavy (non-hydrogen) atoms. The van der Waals surface area contributed by atoms with Crippen molar-refractivity contribution in [1.82, 2.24) is 4.31 Å². The molecule has 1 aliphatic rings. The topological polar surface area (TPSA) is 69.6 Å². The van der Waals surface area contributed by atoms with Crippen molar-refractivity contribution in [3.05, 3.63) is 83.7 Å². The van der Waals surface area contributed by atoms with E-state index in [-0.39, 0.29) is 35.2 Å². The SMILES string of the molecule is Cc1ccc(S(=O)(=O)N(C)CC[C@@H]2[C@H](CO)Nc3ccc(-c4ccccc4F)cc3[C@@H]2C)cc1. The molecule has 0 bridgehead atoms. The number of aliphatic hydroxyl groups excluding tert-OH is 1. The van der Waals surface area contributed by atoms with Crippen LogP contribution < -0.4 is 5.32 Å². The molecule has 1 heterocycles. The van der Waals surface area contributed by atoms with Gasteiger partial charge in [0.2, 0.25) is 10.0 Å². The zero-order valence-electron chi connectivity index (χ0n) is 19.7. The molecule has 5 nitrogen and oxygen atoms in total. The van der Waals surface area contributed by atoms with Crippen LogP contribution in [-0.4, -0.2) is 44.1 Å². The van der Waals surface area contributed by atoms with Crippen LogP contribution in [0.4, 0.5) is 10.1 Å². The number of aryl methyl sites for hydroxylation is 1. The summed E-state index contributed by atoms with van der Waals surface area (Å²) in [6, 6.07) is 19.1. The highest BCUT2D eigenvalue weighted by Gasteiger charge is 2.34. The van der Waals surface area contributed by atoms with Gasteiger partial charge in [0.1, 0.15) is 5.82 Å². The van der Waals surface area contributed by atoms with Crippen molar-refractivity contribution in [3.8, 4) is 11.1 Å². The first-order chi connectivity index (χ1) is 16.2. The number of fused-ring (bicyclic) bond motifs is 1. The van der Waals surface area contributed by atoms with Gasteiger partial charge in [-0.2, -0.15) is 0 Å². The Hall–Kier alpha value is -2.74. The summed E-state index contributed by atoms with van der Waals surface area (Å²) in [4.78, 5) is 0.272. The Labute approximate surface area is 201 Å². The zero-order valence-corrected chi connectivity index (χ0v) is 20.5. The van der Waals surface area contributed by atoms with Gasteiger partial charge in [-0.05, 0) is 66.6 Å². The summed E-state index contributed by atoms with van der Waals surface area (Å²) in [6.45, 7) is 4.28. The van der Waals surface area contributed by atoms with E-state index in [4.69, 9.17) is 0 Å². The predicted molar refractivity (Wildman–Crippen MR) is 134 cm³/mol. The molecule has 0 unspecified atom stereocenters. The second kappa shape index (κ2) is 9.86. The molecule has 180 valence electrons. The van der Waals surface area contributed by atoms with E-state index in [0.717, 1.165) is 22.4 Å². The molecular formula is C27H31FN2O3S. The van der Waals surface area contributed by atoms with Crippen molar-refractivity contribution in [1.29, 1.82) is 0 Å². The van der Waals surface area contributed by atoms with E-state index >= 15 is 0 Å². The molecule has 1 aliphatic heterocycles. The van der Waals surface area contributed by atoms with E-state index in [9.17, 15) is 17.9 Å². The lowest BCUT2D eigenvalue weighted by Gasteiger charge is -2.39. The normalized spacial score (nSPS) is 20.1. The smallest absolute Gasteiger partial charge is 0.242 e. The summed E-state index contributed by atoms with van der Waals surface area (Å²) >= 11 is 0. The number of sulfonamides is 1. The molecule has 0 saturated heterocycles. The number of aliphatic hydroxyl groups is 1. The van der Waals surface area contributed by atoms with Gasteiger partial charge < -0.3 is 10.4 Å². The molecule has 2 N–H and O–H groups in total. The molecule has 0 aromatic heterocycles. The Morgan fingerprint density at radius 1 is 1.06 bits per heavy atom. The molecule has 0 saturated carbocycles. The number of anilines is 1. The van der Waals surface area contributed by atoms with Crippen molar-refractivity contribution in [2.45, 2.75) is 37.1 Å². The van der Waals surface area contributed by atoms with E-state index in [1.807, 2.05) is 31.2 Å². The summed E-state index contributed by atoms with van der Waals surface area (Å²) in [5.74, 6) is -0.216. The van der Waals surface area contributed by atoms with Crippen LogP contribution in [0.5, 0.6) is 0 Å². The zero-order chi connectivity index (χ0) is 24.5. The monoisotopic (exact) mass is 482 g/mol. The highest BCUT2D eigenvalue weighted by Crippen LogP contribution is 2.42. The number of halogens is 1. The van der Waals surface area contributed by atoms with Gasteiger partial charge in [0, 0.05) is 24.8 Å². The van der Waals surface area contributed by atoms with Crippen LogP contribution >= 0.6 is 0 Å². The highest BCUT2D eigenvalue weighted by molar-refractivity contribution is 7.89. The largest absolute Gasteiger partial charge is 0.394 e. The fraction of sp³-hybridized carbons (Fsp3) is 0.333. The Bertz CT molecular complexity index is 1260. The van der Waals surface area contributed by atoms with E-state index in [0.29, 0.717) is 18.5 Å². The lowest BCUT2D eigenvalue weighted by atomic mass is 9.76. The van der Waals surface area contributed by atoms with Crippen LogP contribution in [0.25, 0.3) is 11.1 Å². The quantitative estimate of drug-likeness (QED) is 0.496. The third kappa shape index (κ3) is 4.73. The maximum absolute atomic E-state index is 14.4. The third-order valence-corrected chi connectivity index (χ3v) is 8.80. The average molecular weight is 483 g/mol. The molecule has 3 atom stereocenters. The van der Waals surface area contributed by atoms with Crippen LogP contribution in [0.1, 0.15) is 30.4 Å². The molecule has 0 spiro atoms. The number of benzene rings is 3. The van der Waals surface area contributed by atoms with E-state index in [1.165, 1.54) is 10.4 Å². The van der Waals surface area contributed by atoms with Crippen molar-refractivity contribution in [3.63, 3.8) is 0 Å². The molecule has 4 rings (SSSR count). The highest BCUT2D eigenvalue weighted by atomic mass is 32.2. The van der Waals surface area contributed by atoms with Crippen LogP contribution in [0.15, 0.2) is 71.6 Å². The molecule has 3 aromatic carbocycles. The van der Waals surface area contributed by atoms with Crippen LogP contribution in [-0.2, 0) is 10.0 Å². The van der Waals surface area contributed by atoms with Crippen LogP contribution in [0, 0.1) is 18.7 Å². The summed E-state index contributed by atoms with van der Waals surface area (Å²) in [6.07, 6.45) is 0.574. The lowest BCUT2D eigenvalue weighted by molar-refractivity contribution is 0.208. The Balaban J connectivity index is 1.56.